The molecule has 1 unspecified atom stereocenters. The summed E-state index contributed by atoms with van der Waals surface area (Å²) in [6.07, 6.45) is 3.09. The third kappa shape index (κ3) is 8.41. The van der Waals surface area contributed by atoms with E-state index in [0.29, 0.717) is 18.6 Å². The smallest absolute Gasteiger partial charge is 0.233 e. The molecule has 1 aliphatic rings. The molecule has 1 fully saturated rings. The molecule has 1 saturated heterocycles. The standard InChI is InChI=1S/C22H38N6O/c1-18(27(4)16-19-8-6-5-7-9-19)10-13-25-22(24-3)26-20-11-14-28(15-12-20)17-21(29)23-2/h5-9,18,20H,10-17H2,1-4H3,(H,23,29)(H2,24,25,26). The van der Waals surface area contributed by atoms with Crippen molar-refractivity contribution in [3.63, 3.8) is 0 Å². The van der Waals surface area contributed by atoms with E-state index in [-0.39, 0.29) is 5.91 Å². The summed E-state index contributed by atoms with van der Waals surface area (Å²) in [4.78, 5) is 20.5. The summed E-state index contributed by atoms with van der Waals surface area (Å²) in [7, 11) is 5.69. The second-order valence-corrected chi connectivity index (χ2v) is 7.91. The normalized spacial score (nSPS) is 17.2. The molecular formula is C22H38N6O. The van der Waals surface area contributed by atoms with Gasteiger partial charge in [0, 0.05) is 52.4 Å². The van der Waals surface area contributed by atoms with Gasteiger partial charge < -0.3 is 16.0 Å². The number of benzene rings is 1. The number of hydrogen-bond donors (Lipinski definition) is 3. The van der Waals surface area contributed by atoms with Gasteiger partial charge in [0.05, 0.1) is 6.54 Å². The van der Waals surface area contributed by atoms with Crippen molar-refractivity contribution < 1.29 is 4.79 Å². The molecule has 3 N–H and O–H groups in total. The molecule has 0 saturated carbocycles. The molecule has 1 amide bonds. The first-order chi connectivity index (χ1) is 14.0. The Hall–Kier alpha value is -2.12. The minimum atomic E-state index is 0.0836. The van der Waals surface area contributed by atoms with Crippen LogP contribution in [0.4, 0.5) is 0 Å². The molecule has 0 radical (unpaired) electrons. The van der Waals surface area contributed by atoms with Gasteiger partial charge in [-0.15, -0.1) is 0 Å². The highest BCUT2D eigenvalue weighted by Crippen LogP contribution is 2.10. The minimum absolute atomic E-state index is 0.0836. The molecule has 0 aliphatic carbocycles. The second kappa shape index (κ2) is 12.4. The van der Waals surface area contributed by atoms with Crippen LogP contribution in [-0.2, 0) is 11.3 Å². The topological polar surface area (TPSA) is 72.0 Å². The summed E-state index contributed by atoms with van der Waals surface area (Å²) in [5, 5.41) is 9.68. The number of guanidine groups is 1. The van der Waals surface area contributed by atoms with E-state index in [1.807, 2.05) is 7.05 Å². The van der Waals surface area contributed by atoms with Gasteiger partial charge in [0.1, 0.15) is 0 Å². The molecule has 162 valence electrons. The molecule has 29 heavy (non-hydrogen) atoms. The van der Waals surface area contributed by atoms with Gasteiger partial charge in [0.25, 0.3) is 0 Å². The predicted molar refractivity (Wildman–Crippen MR) is 120 cm³/mol. The van der Waals surface area contributed by atoms with Gasteiger partial charge in [-0.3, -0.25) is 19.6 Å². The zero-order valence-electron chi connectivity index (χ0n) is 18.4. The number of carbonyl (C=O) groups is 1. The van der Waals surface area contributed by atoms with Crippen molar-refractivity contribution >= 4 is 11.9 Å². The van der Waals surface area contributed by atoms with Crippen molar-refractivity contribution in [3.05, 3.63) is 35.9 Å². The molecule has 2 rings (SSSR count). The zero-order valence-corrected chi connectivity index (χ0v) is 18.4. The van der Waals surface area contributed by atoms with E-state index in [4.69, 9.17) is 0 Å². The Kier molecular flexibility index (Phi) is 9.94. The highest BCUT2D eigenvalue weighted by atomic mass is 16.1. The molecule has 1 aromatic rings. The maximum absolute atomic E-state index is 11.5. The first-order valence-electron chi connectivity index (χ1n) is 10.7. The van der Waals surface area contributed by atoms with Crippen LogP contribution in [0, 0.1) is 0 Å². The average Bonchev–Trinajstić information content (AvgIpc) is 2.74. The lowest BCUT2D eigenvalue weighted by Crippen LogP contribution is -2.50. The Morgan fingerprint density at radius 2 is 1.97 bits per heavy atom. The van der Waals surface area contributed by atoms with Gasteiger partial charge in [-0.2, -0.15) is 0 Å². The van der Waals surface area contributed by atoms with Crippen molar-refractivity contribution in [3.8, 4) is 0 Å². The first kappa shape index (κ1) is 23.2. The van der Waals surface area contributed by atoms with E-state index in [2.05, 4.69) is 75.0 Å². The lowest BCUT2D eigenvalue weighted by Gasteiger charge is -2.32. The van der Waals surface area contributed by atoms with Crippen LogP contribution >= 0.6 is 0 Å². The van der Waals surface area contributed by atoms with Crippen LogP contribution in [-0.4, -0.2) is 81.1 Å². The molecule has 7 nitrogen and oxygen atoms in total. The van der Waals surface area contributed by atoms with Gasteiger partial charge in [0.15, 0.2) is 5.96 Å². The van der Waals surface area contributed by atoms with Crippen LogP contribution in [0.15, 0.2) is 35.3 Å². The van der Waals surface area contributed by atoms with Crippen molar-refractivity contribution in [1.29, 1.82) is 0 Å². The summed E-state index contributed by atoms with van der Waals surface area (Å²) in [6, 6.07) is 11.5. The van der Waals surface area contributed by atoms with Gasteiger partial charge in [-0.1, -0.05) is 30.3 Å². The number of likely N-dealkylation sites (N-methyl/N-ethyl adjacent to an activating group) is 1. The number of aliphatic imine (C=N–C) groups is 1. The molecule has 1 aliphatic heterocycles. The van der Waals surface area contributed by atoms with Crippen molar-refractivity contribution in [1.82, 2.24) is 25.8 Å². The fourth-order valence-corrected chi connectivity index (χ4v) is 3.55. The summed E-state index contributed by atoms with van der Waals surface area (Å²) in [5.74, 6) is 0.952. The molecule has 1 atom stereocenters. The van der Waals surface area contributed by atoms with Crippen LogP contribution in [0.2, 0.25) is 0 Å². The number of nitrogens with zero attached hydrogens (tertiary/aromatic N) is 3. The molecule has 1 heterocycles. The SMILES string of the molecule is CN=C(NCCC(C)N(C)Cc1ccccc1)NC1CCN(CC(=O)NC)CC1. The summed E-state index contributed by atoms with van der Waals surface area (Å²) < 4.78 is 0. The Labute approximate surface area is 175 Å². The van der Waals surface area contributed by atoms with Crippen LogP contribution in [0.25, 0.3) is 0 Å². The molecule has 1 aromatic carbocycles. The lowest BCUT2D eigenvalue weighted by atomic mass is 10.1. The fourth-order valence-electron chi connectivity index (χ4n) is 3.55. The Bertz CT molecular complexity index is 627. The van der Waals surface area contributed by atoms with Crippen molar-refractivity contribution in [2.75, 3.05) is 47.3 Å². The molecule has 0 aromatic heterocycles. The quantitative estimate of drug-likeness (QED) is 0.429. The maximum atomic E-state index is 11.5. The third-order valence-electron chi connectivity index (χ3n) is 5.68. The molecule has 0 spiro atoms. The van der Waals surface area contributed by atoms with Gasteiger partial charge in [-0.25, -0.2) is 0 Å². The minimum Gasteiger partial charge on any atom is -0.358 e. The highest BCUT2D eigenvalue weighted by molar-refractivity contribution is 5.80. The van der Waals surface area contributed by atoms with Crippen LogP contribution in [0.5, 0.6) is 0 Å². The van der Waals surface area contributed by atoms with Crippen LogP contribution < -0.4 is 16.0 Å². The molecular weight excluding hydrogens is 364 g/mol. The monoisotopic (exact) mass is 402 g/mol. The number of rotatable bonds is 9. The predicted octanol–water partition coefficient (Wildman–Crippen LogP) is 1.27. The largest absolute Gasteiger partial charge is 0.358 e. The second-order valence-electron chi connectivity index (χ2n) is 7.91. The van der Waals surface area contributed by atoms with Crippen molar-refractivity contribution in [2.24, 2.45) is 4.99 Å². The highest BCUT2D eigenvalue weighted by Gasteiger charge is 2.21. The summed E-state index contributed by atoms with van der Waals surface area (Å²) in [6.45, 7) is 6.47. The van der Waals surface area contributed by atoms with E-state index in [1.165, 1.54) is 5.56 Å². The Morgan fingerprint density at radius 3 is 2.59 bits per heavy atom. The van der Waals surface area contributed by atoms with E-state index in [1.54, 1.807) is 7.05 Å². The van der Waals surface area contributed by atoms with E-state index in [9.17, 15) is 4.79 Å². The number of nitrogens with one attached hydrogen (secondary N) is 3. The number of piperidine rings is 1. The number of amides is 1. The Morgan fingerprint density at radius 1 is 1.28 bits per heavy atom. The summed E-state index contributed by atoms with van der Waals surface area (Å²) >= 11 is 0. The number of likely N-dealkylation sites (tertiary alicyclic amines) is 1. The third-order valence-corrected chi connectivity index (χ3v) is 5.68. The molecule has 0 bridgehead atoms. The molecule has 7 heteroatoms. The number of carbonyl (C=O) groups excluding carboxylic acids is 1. The van der Waals surface area contributed by atoms with Crippen molar-refractivity contribution in [2.45, 2.75) is 44.8 Å². The van der Waals surface area contributed by atoms with Gasteiger partial charge in [0.2, 0.25) is 5.91 Å². The van der Waals surface area contributed by atoms with Gasteiger partial charge >= 0.3 is 0 Å². The van der Waals surface area contributed by atoms with Crippen LogP contribution in [0.3, 0.4) is 0 Å². The zero-order chi connectivity index (χ0) is 21.1. The van der Waals surface area contributed by atoms with E-state index < -0.39 is 0 Å². The number of hydrogen-bond acceptors (Lipinski definition) is 4. The van der Waals surface area contributed by atoms with Crippen LogP contribution in [0.1, 0.15) is 31.7 Å². The fraction of sp³-hybridized carbons (Fsp3) is 0.636. The maximum Gasteiger partial charge on any atom is 0.233 e. The lowest BCUT2D eigenvalue weighted by molar-refractivity contribution is -0.122. The summed E-state index contributed by atoms with van der Waals surface area (Å²) in [5.41, 5.74) is 1.34. The van der Waals surface area contributed by atoms with E-state index in [0.717, 1.165) is 51.4 Å². The average molecular weight is 403 g/mol. The van der Waals surface area contributed by atoms with Gasteiger partial charge in [-0.05, 0) is 38.8 Å². The van der Waals surface area contributed by atoms with E-state index >= 15 is 0 Å². The Balaban J connectivity index is 1.65. The first-order valence-corrected chi connectivity index (χ1v) is 10.7.